The molecular formula is C28H46N4O3. The lowest BCUT2D eigenvalue weighted by molar-refractivity contribution is -0.122. The van der Waals surface area contributed by atoms with Crippen LogP contribution in [0, 0.1) is 11.8 Å². The van der Waals surface area contributed by atoms with Crippen molar-refractivity contribution < 1.29 is 14.3 Å². The van der Waals surface area contributed by atoms with Crippen LogP contribution in [0.1, 0.15) is 74.7 Å². The van der Waals surface area contributed by atoms with Gasteiger partial charge in [0.05, 0.1) is 13.2 Å². The fraction of sp³-hybridized carbons (Fsp3) is 0.714. The molecule has 0 radical (unpaired) electrons. The van der Waals surface area contributed by atoms with Crippen molar-refractivity contribution in [2.45, 2.75) is 65.3 Å². The van der Waals surface area contributed by atoms with E-state index in [4.69, 9.17) is 4.74 Å². The Labute approximate surface area is 212 Å². The van der Waals surface area contributed by atoms with Gasteiger partial charge in [0.1, 0.15) is 5.75 Å². The van der Waals surface area contributed by atoms with Crippen LogP contribution >= 0.6 is 0 Å². The SMILES string of the molecule is CC(C)CCN1CC(=O)NCCCCCOc2cccc(C(=O)NCCC3CCCN(C)C3)c2C1. The Kier molecular flexibility index (Phi) is 11.3. The van der Waals surface area contributed by atoms with Gasteiger partial charge in [0.15, 0.2) is 0 Å². The summed E-state index contributed by atoms with van der Waals surface area (Å²) in [4.78, 5) is 30.5. The minimum atomic E-state index is -0.0489. The number of ether oxygens (including phenoxy) is 1. The van der Waals surface area contributed by atoms with Crippen molar-refractivity contribution in [2.24, 2.45) is 11.8 Å². The highest BCUT2D eigenvalue weighted by atomic mass is 16.5. The molecule has 1 fully saturated rings. The topological polar surface area (TPSA) is 73.9 Å². The number of benzene rings is 1. The second-order valence-electron chi connectivity index (χ2n) is 10.7. The standard InChI is InChI=1S/C28H46N4O3/c1-22(2)13-17-32-20-25-24(28(34)30-15-12-23-9-8-16-31(3)19-23)10-7-11-26(25)35-18-6-4-5-14-29-27(33)21-32/h7,10-11,22-23H,4-6,8-9,12-21H2,1-3H3,(H,29,33)(H,30,34). The summed E-state index contributed by atoms with van der Waals surface area (Å²) in [6.45, 7) is 10.3. The Morgan fingerprint density at radius 1 is 1.20 bits per heavy atom. The van der Waals surface area contributed by atoms with E-state index in [1.807, 2.05) is 18.2 Å². The van der Waals surface area contributed by atoms with Crippen molar-refractivity contribution >= 4 is 11.8 Å². The summed E-state index contributed by atoms with van der Waals surface area (Å²) < 4.78 is 6.19. The maximum Gasteiger partial charge on any atom is 0.251 e. The lowest BCUT2D eigenvalue weighted by Gasteiger charge is -2.29. The average Bonchev–Trinajstić information content (AvgIpc) is 2.83. The van der Waals surface area contributed by atoms with Crippen LogP contribution in [0.5, 0.6) is 5.75 Å². The summed E-state index contributed by atoms with van der Waals surface area (Å²) in [5.41, 5.74) is 1.55. The average molecular weight is 487 g/mol. The molecule has 0 aliphatic carbocycles. The number of fused-ring (bicyclic) bond motifs is 1. The molecule has 0 spiro atoms. The van der Waals surface area contributed by atoms with Crippen molar-refractivity contribution in [3.63, 3.8) is 0 Å². The Morgan fingerprint density at radius 2 is 2.06 bits per heavy atom. The predicted octanol–water partition coefficient (Wildman–Crippen LogP) is 3.68. The monoisotopic (exact) mass is 486 g/mol. The van der Waals surface area contributed by atoms with Crippen LogP contribution < -0.4 is 15.4 Å². The summed E-state index contributed by atoms with van der Waals surface area (Å²) in [6, 6.07) is 5.77. The number of carbonyl (C=O) groups is 2. The maximum absolute atomic E-state index is 13.3. The highest BCUT2D eigenvalue weighted by Gasteiger charge is 2.22. The molecule has 2 aliphatic heterocycles. The molecule has 35 heavy (non-hydrogen) atoms. The van der Waals surface area contributed by atoms with Crippen LogP contribution in [-0.4, -0.2) is 74.5 Å². The number of amides is 2. The van der Waals surface area contributed by atoms with Crippen molar-refractivity contribution in [3.8, 4) is 5.75 Å². The number of hydrogen-bond acceptors (Lipinski definition) is 5. The Bertz CT molecular complexity index is 813. The quantitative estimate of drug-likeness (QED) is 0.615. The second-order valence-corrected chi connectivity index (χ2v) is 10.7. The maximum atomic E-state index is 13.3. The van der Waals surface area contributed by atoms with Crippen molar-refractivity contribution in [3.05, 3.63) is 29.3 Å². The lowest BCUT2D eigenvalue weighted by atomic mass is 9.95. The van der Waals surface area contributed by atoms with Gasteiger partial charge in [-0.2, -0.15) is 0 Å². The zero-order valence-electron chi connectivity index (χ0n) is 22.1. The van der Waals surface area contributed by atoms with Gasteiger partial charge in [0, 0.05) is 37.3 Å². The normalized spacial score (nSPS) is 21.1. The van der Waals surface area contributed by atoms with Gasteiger partial charge in [0.25, 0.3) is 5.91 Å². The second kappa shape index (κ2) is 14.4. The third-order valence-electron chi connectivity index (χ3n) is 7.11. The summed E-state index contributed by atoms with van der Waals surface area (Å²) in [5, 5.41) is 6.23. The van der Waals surface area contributed by atoms with E-state index in [1.54, 1.807) is 0 Å². The molecule has 2 heterocycles. The van der Waals surface area contributed by atoms with Gasteiger partial charge in [-0.1, -0.05) is 19.9 Å². The van der Waals surface area contributed by atoms with E-state index in [1.165, 1.54) is 19.4 Å². The van der Waals surface area contributed by atoms with Gasteiger partial charge in [-0.15, -0.1) is 0 Å². The smallest absolute Gasteiger partial charge is 0.251 e. The zero-order chi connectivity index (χ0) is 25.0. The van der Waals surface area contributed by atoms with Gasteiger partial charge in [-0.25, -0.2) is 0 Å². The minimum absolute atomic E-state index is 0.0489. The first-order valence-corrected chi connectivity index (χ1v) is 13.6. The molecule has 1 unspecified atom stereocenters. The minimum Gasteiger partial charge on any atom is -0.493 e. The first-order chi connectivity index (χ1) is 16.9. The molecule has 1 aromatic rings. The molecule has 0 aromatic heterocycles. The molecule has 1 saturated heterocycles. The number of carbonyl (C=O) groups excluding carboxylic acids is 2. The molecule has 0 bridgehead atoms. The van der Waals surface area contributed by atoms with E-state index in [0.29, 0.717) is 50.2 Å². The molecule has 7 nitrogen and oxygen atoms in total. The molecular weight excluding hydrogens is 440 g/mol. The lowest BCUT2D eigenvalue weighted by Crippen LogP contribution is -2.38. The van der Waals surface area contributed by atoms with E-state index in [9.17, 15) is 9.59 Å². The summed E-state index contributed by atoms with van der Waals surface area (Å²) in [6.07, 6.45) is 7.35. The summed E-state index contributed by atoms with van der Waals surface area (Å²) in [5.74, 6) is 1.95. The van der Waals surface area contributed by atoms with Crippen LogP contribution in [0.4, 0.5) is 0 Å². The Balaban J connectivity index is 1.75. The number of likely N-dealkylation sites (tertiary alicyclic amines) is 1. The predicted molar refractivity (Wildman–Crippen MR) is 141 cm³/mol. The highest BCUT2D eigenvalue weighted by molar-refractivity contribution is 5.96. The molecule has 7 heteroatoms. The third kappa shape index (κ3) is 9.45. The van der Waals surface area contributed by atoms with Crippen LogP contribution in [0.15, 0.2) is 18.2 Å². The molecule has 196 valence electrons. The highest BCUT2D eigenvalue weighted by Crippen LogP contribution is 2.26. The number of rotatable bonds is 7. The molecule has 0 saturated carbocycles. The van der Waals surface area contributed by atoms with Gasteiger partial charge in [-0.3, -0.25) is 14.5 Å². The van der Waals surface area contributed by atoms with Crippen molar-refractivity contribution in [1.29, 1.82) is 0 Å². The van der Waals surface area contributed by atoms with E-state index in [0.717, 1.165) is 56.5 Å². The van der Waals surface area contributed by atoms with Crippen LogP contribution in [0.25, 0.3) is 0 Å². The number of hydrogen-bond donors (Lipinski definition) is 2. The fourth-order valence-corrected chi connectivity index (χ4v) is 5.02. The molecule has 1 aromatic carbocycles. The first kappa shape index (κ1) is 27.5. The van der Waals surface area contributed by atoms with E-state index < -0.39 is 0 Å². The zero-order valence-corrected chi connectivity index (χ0v) is 22.1. The molecule has 2 N–H and O–H groups in total. The largest absolute Gasteiger partial charge is 0.493 e. The van der Waals surface area contributed by atoms with E-state index >= 15 is 0 Å². The summed E-state index contributed by atoms with van der Waals surface area (Å²) in [7, 11) is 2.18. The van der Waals surface area contributed by atoms with Crippen LogP contribution in [-0.2, 0) is 11.3 Å². The van der Waals surface area contributed by atoms with E-state index in [-0.39, 0.29) is 11.8 Å². The Hall–Kier alpha value is -2.12. The van der Waals surface area contributed by atoms with Gasteiger partial charge >= 0.3 is 0 Å². The number of nitrogens with one attached hydrogen (secondary N) is 2. The van der Waals surface area contributed by atoms with Gasteiger partial charge < -0.3 is 20.3 Å². The third-order valence-corrected chi connectivity index (χ3v) is 7.11. The van der Waals surface area contributed by atoms with Gasteiger partial charge in [-0.05, 0) is 89.1 Å². The van der Waals surface area contributed by atoms with Crippen molar-refractivity contribution in [1.82, 2.24) is 20.4 Å². The molecule has 3 rings (SSSR count). The molecule has 1 atom stereocenters. The van der Waals surface area contributed by atoms with E-state index in [2.05, 4.69) is 41.3 Å². The Morgan fingerprint density at radius 3 is 2.86 bits per heavy atom. The number of piperidine rings is 1. The van der Waals surface area contributed by atoms with Crippen molar-refractivity contribution in [2.75, 3.05) is 52.9 Å². The van der Waals surface area contributed by atoms with Crippen LogP contribution in [0.3, 0.4) is 0 Å². The van der Waals surface area contributed by atoms with Gasteiger partial charge in [0.2, 0.25) is 5.91 Å². The summed E-state index contributed by atoms with van der Waals surface area (Å²) >= 11 is 0. The molecule has 2 amide bonds. The fourth-order valence-electron chi connectivity index (χ4n) is 5.02. The number of nitrogens with zero attached hydrogens (tertiary/aromatic N) is 2. The molecule has 2 aliphatic rings. The first-order valence-electron chi connectivity index (χ1n) is 13.6. The van der Waals surface area contributed by atoms with Crippen LogP contribution in [0.2, 0.25) is 0 Å².